The van der Waals surface area contributed by atoms with Crippen LogP contribution in [0.15, 0.2) is 25.7 Å². The third kappa shape index (κ3) is 1.53. The quantitative estimate of drug-likeness (QED) is 0.884. The van der Waals surface area contributed by atoms with Crippen molar-refractivity contribution in [3.8, 4) is 11.6 Å². The fourth-order valence-corrected chi connectivity index (χ4v) is 1.15. The highest BCUT2D eigenvalue weighted by Gasteiger charge is 2.16. The van der Waals surface area contributed by atoms with Crippen LogP contribution in [0.4, 0.5) is 0 Å². The largest absolute Gasteiger partial charge is 0.474 e. The molecule has 0 radical (unpaired) electrons. The van der Waals surface area contributed by atoms with Crippen LogP contribution in [0.3, 0.4) is 0 Å². The molecular weight excluding hydrogens is 256 g/mol. The zero-order chi connectivity index (χ0) is 10.1. The van der Waals surface area contributed by atoms with Gasteiger partial charge in [-0.1, -0.05) is 5.16 Å². The van der Waals surface area contributed by atoms with Crippen LogP contribution in [0.1, 0.15) is 10.7 Å². The second-order valence-electron chi connectivity index (χ2n) is 2.33. The molecule has 0 aliphatic rings. The van der Waals surface area contributed by atoms with Gasteiger partial charge >= 0.3 is 11.9 Å². The molecular formula is C7H3BrN2O4. The van der Waals surface area contributed by atoms with E-state index in [-0.39, 0.29) is 5.82 Å². The number of carboxylic acid groups (broad SMARTS) is 1. The molecule has 1 N–H and O–H groups in total. The highest BCUT2D eigenvalue weighted by atomic mass is 79.9. The van der Waals surface area contributed by atoms with E-state index in [4.69, 9.17) is 9.52 Å². The molecule has 0 fully saturated rings. The Morgan fingerprint density at radius 2 is 2.29 bits per heavy atom. The number of carboxylic acids is 1. The molecule has 0 bridgehead atoms. The van der Waals surface area contributed by atoms with Gasteiger partial charge < -0.3 is 14.0 Å². The second-order valence-corrected chi connectivity index (χ2v) is 3.11. The van der Waals surface area contributed by atoms with E-state index in [1.165, 1.54) is 0 Å². The van der Waals surface area contributed by atoms with Crippen LogP contribution < -0.4 is 0 Å². The standard InChI is InChI=1S/C7H3BrN2O4/c8-4-2-1-3(13-4)5-9-6(7(11)12)14-10-5/h1-2H,(H,11,12). The number of rotatable bonds is 2. The lowest BCUT2D eigenvalue weighted by Crippen LogP contribution is -1.95. The highest BCUT2D eigenvalue weighted by Crippen LogP contribution is 2.22. The molecule has 6 nitrogen and oxygen atoms in total. The van der Waals surface area contributed by atoms with Gasteiger partial charge in [0.15, 0.2) is 10.4 Å². The van der Waals surface area contributed by atoms with Crippen LogP contribution in [0.25, 0.3) is 11.6 Å². The average Bonchev–Trinajstić information content (AvgIpc) is 2.70. The molecule has 0 spiro atoms. The molecule has 0 unspecified atom stereocenters. The van der Waals surface area contributed by atoms with Crippen LogP contribution in [-0.4, -0.2) is 21.2 Å². The van der Waals surface area contributed by atoms with Crippen molar-refractivity contribution in [2.45, 2.75) is 0 Å². The number of furan rings is 1. The van der Waals surface area contributed by atoms with Crippen LogP contribution in [0, 0.1) is 0 Å². The molecule has 2 heterocycles. The van der Waals surface area contributed by atoms with E-state index < -0.39 is 11.9 Å². The van der Waals surface area contributed by atoms with Crippen molar-refractivity contribution in [3.05, 3.63) is 22.7 Å². The predicted octanol–water partition coefficient (Wildman–Crippen LogP) is 1.79. The van der Waals surface area contributed by atoms with Crippen molar-refractivity contribution >= 4 is 21.9 Å². The van der Waals surface area contributed by atoms with E-state index in [9.17, 15) is 4.79 Å². The minimum absolute atomic E-state index is 0.105. The Labute approximate surface area is 85.7 Å². The van der Waals surface area contributed by atoms with E-state index in [1.54, 1.807) is 12.1 Å². The molecule has 7 heteroatoms. The summed E-state index contributed by atoms with van der Waals surface area (Å²) in [6.07, 6.45) is 0. The number of halogens is 1. The highest BCUT2D eigenvalue weighted by molar-refractivity contribution is 9.10. The molecule has 14 heavy (non-hydrogen) atoms. The molecule has 0 aliphatic heterocycles. The van der Waals surface area contributed by atoms with Gasteiger partial charge in [0.1, 0.15) is 0 Å². The normalized spacial score (nSPS) is 10.4. The first-order chi connectivity index (χ1) is 6.66. The zero-order valence-corrected chi connectivity index (χ0v) is 8.19. The van der Waals surface area contributed by atoms with Crippen molar-refractivity contribution in [2.75, 3.05) is 0 Å². The fraction of sp³-hybridized carbons (Fsp3) is 0. The molecule has 0 saturated heterocycles. The number of hydrogen-bond acceptors (Lipinski definition) is 5. The third-order valence-electron chi connectivity index (χ3n) is 1.40. The van der Waals surface area contributed by atoms with E-state index in [2.05, 4.69) is 30.6 Å². The van der Waals surface area contributed by atoms with Crippen molar-refractivity contribution in [1.82, 2.24) is 10.1 Å². The minimum atomic E-state index is -1.27. The predicted molar refractivity (Wildman–Crippen MR) is 46.7 cm³/mol. The van der Waals surface area contributed by atoms with Gasteiger partial charge in [-0.05, 0) is 28.1 Å². The van der Waals surface area contributed by atoms with Crippen LogP contribution in [0.5, 0.6) is 0 Å². The first kappa shape index (κ1) is 8.95. The summed E-state index contributed by atoms with van der Waals surface area (Å²) in [4.78, 5) is 14.0. The summed E-state index contributed by atoms with van der Waals surface area (Å²) in [7, 11) is 0. The Morgan fingerprint density at radius 3 is 2.79 bits per heavy atom. The van der Waals surface area contributed by atoms with Crippen LogP contribution in [0.2, 0.25) is 0 Å². The Bertz CT molecular complexity index is 475. The lowest BCUT2D eigenvalue weighted by Gasteiger charge is -1.83. The van der Waals surface area contributed by atoms with Crippen molar-refractivity contribution in [2.24, 2.45) is 0 Å². The Balaban J connectivity index is 2.38. The van der Waals surface area contributed by atoms with Crippen LogP contribution >= 0.6 is 15.9 Å². The Hall–Kier alpha value is -1.63. The van der Waals surface area contributed by atoms with E-state index in [0.29, 0.717) is 10.4 Å². The second kappa shape index (κ2) is 3.26. The van der Waals surface area contributed by atoms with Gasteiger partial charge in [0.2, 0.25) is 5.82 Å². The van der Waals surface area contributed by atoms with E-state index in [1.807, 2.05) is 0 Å². The molecule has 0 saturated carbocycles. The molecule has 72 valence electrons. The Kier molecular flexibility index (Phi) is 2.08. The molecule has 0 aliphatic carbocycles. The van der Waals surface area contributed by atoms with Gasteiger partial charge in [-0.15, -0.1) is 0 Å². The first-order valence-corrected chi connectivity index (χ1v) is 4.29. The molecule has 0 amide bonds. The van der Waals surface area contributed by atoms with Gasteiger partial charge in [-0.25, -0.2) is 4.79 Å². The molecule has 0 atom stereocenters. The number of aromatic nitrogens is 2. The van der Waals surface area contributed by atoms with E-state index >= 15 is 0 Å². The van der Waals surface area contributed by atoms with Gasteiger partial charge in [-0.3, -0.25) is 0 Å². The molecule has 2 aromatic heterocycles. The molecule has 2 rings (SSSR count). The summed E-state index contributed by atoms with van der Waals surface area (Å²) in [5, 5.41) is 12.0. The summed E-state index contributed by atoms with van der Waals surface area (Å²) in [5.74, 6) is -1.29. The van der Waals surface area contributed by atoms with Gasteiger partial charge in [0, 0.05) is 0 Å². The number of aromatic carboxylic acids is 1. The zero-order valence-electron chi connectivity index (χ0n) is 6.60. The topological polar surface area (TPSA) is 89.4 Å². The SMILES string of the molecule is O=C(O)c1nc(-c2ccc(Br)o2)no1. The lowest BCUT2D eigenvalue weighted by molar-refractivity contribution is 0.0643. The number of hydrogen-bond donors (Lipinski definition) is 1. The van der Waals surface area contributed by atoms with Crippen molar-refractivity contribution < 1.29 is 18.8 Å². The third-order valence-corrected chi connectivity index (χ3v) is 1.83. The minimum Gasteiger partial charge on any atom is -0.474 e. The number of nitrogens with zero attached hydrogens (tertiary/aromatic N) is 2. The first-order valence-electron chi connectivity index (χ1n) is 3.49. The maximum Gasteiger partial charge on any atom is 0.394 e. The maximum absolute atomic E-state index is 10.4. The summed E-state index contributed by atoms with van der Waals surface area (Å²) < 4.78 is 10.1. The smallest absolute Gasteiger partial charge is 0.394 e. The Morgan fingerprint density at radius 1 is 1.50 bits per heavy atom. The summed E-state index contributed by atoms with van der Waals surface area (Å²) in [6, 6.07) is 3.24. The maximum atomic E-state index is 10.4. The van der Waals surface area contributed by atoms with Gasteiger partial charge in [0.05, 0.1) is 0 Å². The van der Waals surface area contributed by atoms with Crippen molar-refractivity contribution in [3.63, 3.8) is 0 Å². The molecule has 2 aromatic rings. The van der Waals surface area contributed by atoms with Crippen molar-refractivity contribution in [1.29, 1.82) is 0 Å². The molecule has 0 aromatic carbocycles. The van der Waals surface area contributed by atoms with E-state index in [0.717, 1.165) is 0 Å². The summed E-state index contributed by atoms with van der Waals surface area (Å²) >= 11 is 3.10. The average molecular weight is 259 g/mol. The monoisotopic (exact) mass is 258 g/mol. The summed E-state index contributed by atoms with van der Waals surface area (Å²) in [5.41, 5.74) is 0. The van der Waals surface area contributed by atoms with Gasteiger partial charge in [0.25, 0.3) is 0 Å². The number of carbonyl (C=O) groups is 1. The van der Waals surface area contributed by atoms with Gasteiger partial charge in [-0.2, -0.15) is 4.98 Å². The summed E-state index contributed by atoms with van der Waals surface area (Å²) in [6.45, 7) is 0. The fourth-order valence-electron chi connectivity index (χ4n) is 0.845. The van der Waals surface area contributed by atoms with Crippen LogP contribution in [-0.2, 0) is 0 Å². The lowest BCUT2D eigenvalue weighted by atomic mass is 10.4.